The number of amides is 1. The number of hydrogen-bond acceptors (Lipinski definition) is 5. The molecule has 2 N–H and O–H groups in total. The fourth-order valence-electron chi connectivity index (χ4n) is 3.24. The Hall–Kier alpha value is -2.15. The summed E-state index contributed by atoms with van der Waals surface area (Å²) in [5.41, 5.74) is -0.502. The molecule has 1 aromatic rings. The molecule has 0 aliphatic heterocycles. The van der Waals surface area contributed by atoms with Crippen LogP contribution in [0, 0.1) is 16.0 Å². The molecule has 7 nitrogen and oxygen atoms in total. The molecule has 25 heavy (non-hydrogen) atoms. The van der Waals surface area contributed by atoms with Gasteiger partial charge in [0.2, 0.25) is 6.54 Å². The largest absolute Gasteiger partial charge is 0.444 e. The number of aliphatic hydroxyl groups excluding tert-OH is 1. The van der Waals surface area contributed by atoms with Crippen LogP contribution in [0.1, 0.15) is 45.1 Å². The maximum absolute atomic E-state index is 12.2. The van der Waals surface area contributed by atoms with Gasteiger partial charge in [-0.1, -0.05) is 30.3 Å². The van der Waals surface area contributed by atoms with Crippen LogP contribution in [0.2, 0.25) is 0 Å². The highest BCUT2D eigenvalue weighted by atomic mass is 16.6. The van der Waals surface area contributed by atoms with Gasteiger partial charge in [0.05, 0.1) is 5.92 Å². The van der Waals surface area contributed by atoms with Crippen LogP contribution in [0.3, 0.4) is 0 Å². The fraction of sp³-hybridized carbons (Fsp3) is 0.611. The summed E-state index contributed by atoms with van der Waals surface area (Å²) >= 11 is 0. The van der Waals surface area contributed by atoms with E-state index in [9.17, 15) is 20.0 Å². The first-order valence-electron chi connectivity index (χ1n) is 8.45. The standard InChI is InChI=1S/C18H26N2O5/c1-17(2,3)25-16(22)19-18(9-10-18)15(12-21)14(11-20(23)24)13-7-5-4-6-8-13/h4-8,14-15,21H,9-12H2,1-3H3,(H,19,22)/t14-,15-/m1/s1. The smallest absolute Gasteiger partial charge is 0.408 e. The van der Waals surface area contributed by atoms with Gasteiger partial charge < -0.3 is 15.2 Å². The minimum atomic E-state index is -0.659. The molecule has 2 atom stereocenters. The number of nitro groups is 1. The monoisotopic (exact) mass is 350 g/mol. The summed E-state index contributed by atoms with van der Waals surface area (Å²) in [6.07, 6.45) is 0.771. The van der Waals surface area contributed by atoms with Gasteiger partial charge in [-0.25, -0.2) is 4.79 Å². The maximum Gasteiger partial charge on any atom is 0.408 e. The van der Waals surface area contributed by atoms with E-state index in [0.717, 1.165) is 5.56 Å². The van der Waals surface area contributed by atoms with E-state index >= 15 is 0 Å². The second kappa shape index (κ2) is 7.39. The topological polar surface area (TPSA) is 102 Å². The van der Waals surface area contributed by atoms with E-state index in [0.29, 0.717) is 12.8 Å². The molecule has 0 spiro atoms. The first-order chi connectivity index (χ1) is 11.7. The van der Waals surface area contributed by atoms with E-state index in [1.165, 1.54) is 0 Å². The molecule has 0 aromatic heterocycles. The van der Waals surface area contributed by atoms with Gasteiger partial charge in [0, 0.05) is 23.0 Å². The Morgan fingerprint density at radius 2 is 1.96 bits per heavy atom. The van der Waals surface area contributed by atoms with Crippen molar-refractivity contribution in [2.24, 2.45) is 5.92 Å². The van der Waals surface area contributed by atoms with Crippen LogP contribution in [0.5, 0.6) is 0 Å². The summed E-state index contributed by atoms with van der Waals surface area (Å²) in [7, 11) is 0. The summed E-state index contributed by atoms with van der Waals surface area (Å²) in [4.78, 5) is 23.0. The lowest BCUT2D eigenvalue weighted by atomic mass is 9.80. The second-order valence-corrected chi connectivity index (χ2v) is 7.60. The molecule has 1 amide bonds. The quantitative estimate of drug-likeness (QED) is 0.581. The van der Waals surface area contributed by atoms with Crippen molar-refractivity contribution in [1.82, 2.24) is 5.32 Å². The molecule has 7 heteroatoms. The Morgan fingerprint density at radius 3 is 2.40 bits per heavy atom. The van der Waals surface area contributed by atoms with Crippen molar-refractivity contribution >= 4 is 6.09 Å². The number of carbonyl (C=O) groups is 1. The second-order valence-electron chi connectivity index (χ2n) is 7.60. The van der Waals surface area contributed by atoms with Crippen molar-refractivity contribution < 1.29 is 19.6 Å². The van der Waals surface area contributed by atoms with E-state index in [-0.39, 0.29) is 18.1 Å². The normalized spacial score (nSPS) is 18.1. The van der Waals surface area contributed by atoms with Gasteiger partial charge in [0.1, 0.15) is 5.60 Å². The zero-order chi connectivity index (χ0) is 18.7. The Kier molecular flexibility index (Phi) is 5.67. The van der Waals surface area contributed by atoms with E-state index in [4.69, 9.17) is 4.74 Å². The highest BCUT2D eigenvalue weighted by Gasteiger charge is 2.54. The first-order valence-corrected chi connectivity index (χ1v) is 8.45. The van der Waals surface area contributed by atoms with Crippen molar-refractivity contribution in [1.29, 1.82) is 0 Å². The third kappa shape index (κ3) is 5.16. The zero-order valence-electron chi connectivity index (χ0n) is 14.9. The zero-order valence-corrected chi connectivity index (χ0v) is 14.9. The SMILES string of the molecule is CC(C)(C)OC(=O)NC1([C@H](CO)[C@H](C[N+](=O)[O-])c2ccccc2)CC1. The Labute approximate surface area is 147 Å². The third-order valence-corrected chi connectivity index (χ3v) is 4.50. The van der Waals surface area contributed by atoms with Gasteiger partial charge in [0.15, 0.2) is 0 Å². The molecule has 1 aromatic carbocycles. The van der Waals surface area contributed by atoms with Crippen molar-refractivity contribution in [2.45, 2.75) is 50.7 Å². The molecule has 2 rings (SSSR count). The molecule has 0 bridgehead atoms. The molecule has 1 fully saturated rings. The number of nitrogens with one attached hydrogen (secondary N) is 1. The lowest BCUT2D eigenvalue weighted by Gasteiger charge is -2.32. The number of rotatable bonds is 7. The summed E-state index contributed by atoms with van der Waals surface area (Å²) in [6.45, 7) is 4.77. The van der Waals surface area contributed by atoms with Gasteiger partial charge in [-0.05, 0) is 39.2 Å². The fourth-order valence-corrected chi connectivity index (χ4v) is 3.24. The van der Waals surface area contributed by atoms with Gasteiger partial charge in [-0.2, -0.15) is 0 Å². The van der Waals surface area contributed by atoms with Gasteiger partial charge >= 0.3 is 6.09 Å². The lowest BCUT2D eigenvalue weighted by Crippen LogP contribution is -2.48. The highest BCUT2D eigenvalue weighted by Crippen LogP contribution is 2.48. The van der Waals surface area contributed by atoms with Crippen molar-refractivity contribution in [3.05, 3.63) is 46.0 Å². The molecular formula is C18H26N2O5. The predicted molar refractivity (Wildman–Crippen MR) is 93.0 cm³/mol. The number of nitrogens with zero attached hydrogens (tertiary/aromatic N) is 1. The summed E-state index contributed by atoms with van der Waals surface area (Å²) < 4.78 is 5.31. The van der Waals surface area contributed by atoms with Gasteiger partial charge in [-0.3, -0.25) is 10.1 Å². The molecule has 0 heterocycles. The Bertz CT molecular complexity index is 608. The third-order valence-electron chi connectivity index (χ3n) is 4.50. The predicted octanol–water partition coefficient (Wildman–Crippen LogP) is 2.71. The van der Waals surface area contributed by atoms with E-state index in [1.807, 2.05) is 30.3 Å². The van der Waals surface area contributed by atoms with Gasteiger partial charge in [0.25, 0.3) is 0 Å². The van der Waals surface area contributed by atoms with E-state index < -0.39 is 29.1 Å². The average molecular weight is 350 g/mol. The van der Waals surface area contributed by atoms with Crippen molar-refractivity contribution in [3.63, 3.8) is 0 Å². The molecule has 1 aliphatic rings. The highest BCUT2D eigenvalue weighted by molar-refractivity contribution is 5.69. The summed E-state index contributed by atoms with van der Waals surface area (Å²) in [5.74, 6) is -0.938. The van der Waals surface area contributed by atoms with Gasteiger partial charge in [-0.15, -0.1) is 0 Å². The van der Waals surface area contributed by atoms with Crippen LogP contribution in [0.25, 0.3) is 0 Å². The van der Waals surface area contributed by atoms with Crippen LogP contribution in [0.4, 0.5) is 4.79 Å². The lowest BCUT2D eigenvalue weighted by molar-refractivity contribution is -0.485. The Balaban J connectivity index is 2.22. The van der Waals surface area contributed by atoms with Crippen LogP contribution in [0.15, 0.2) is 30.3 Å². The average Bonchev–Trinajstić information content (AvgIpc) is 3.25. The minimum absolute atomic E-state index is 0.247. The number of alkyl carbamates (subject to hydrolysis) is 1. The molecule has 0 unspecified atom stereocenters. The van der Waals surface area contributed by atoms with E-state index in [1.54, 1.807) is 20.8 Å². The van der Waals surface area contributed by atoms with Crippen LogP contribution < -0.4 is 5.32 Å². The van der Waals surface area contributed by atoms with Crippen LogP contribution >= 0.6 is 0 Å². The Morgan fingerprint density at radius 1 is 1.36 bits per heavy atom. The number of benzene rings is 1. The van der Waals surface area contributed by atoms with E-state index in [2.05, 4.69) is 5.32 Å². The number of carbonyl (C=O) groups excluding carboxylic acids is 1. The molecule has 0 radical (unpaired) electrons. The molecule has 1 aliphatic carbocycles. The van der Waals surface area contributed by atoms with Crippen molar-refractivity contribution in [3.8, 4) is 0 Å². The van der Waals surface area contributed by atoms with Crippen LogP contribution in [-0.2, 0) is 4.74 Å². The summed E-state index contributed by atoms with van der Waals surface area (Å²) in [6, 6.07) is 9.11. The van der Waals surface area contributed by atoms with Crippen LogP contribution in [-0.4, -0.2) is 40.4 Å². The molecule has 0 saturated heterocycles. The molecule has 138 valence electrons. The molecule has 1 saturated carbocycles. The minimum Gasteiger partial charge on any atom is -0.444 e. The number of hydrogen-bond donors (Lipinski definition) is 2. The van der Waals surface area contributed by atoms with Crippen molar-refractivity contribution in [2.75, 3.05) is 13.2 Å². The summed E-state index contributed by atoms with van der Waals surface area (Å²) in [5, 5.41) is 24.0. The first kappa shape index (κ1) is 19.2. The maximum atomic E-state index is 12.2. The number of ether oxygens (including phenoxy) is 1. The number of aliphatic hydroxyl groups is 1. The molecular weight excluding hydrogens is 324 g/mol.